The quantitative estimate of drug-likeness (QED) is 0.872. The van der Waals surface area contributed by atoms with Crippen LogP contribution in [0.5, 0.6) is 0 Å². The van der Waals surface area contributed by atoms with Crippen molar-refractivity contribution >= 4 is 17.6 Å². The van der Waals surface area contributed by atoms with Crippen molar-refractivity contribution in [1.29, 1.82) is 0 Å². The zero-order valence-corrected chi connectivity index (χ0v) is 11.3. The third kappa shape index (κ3) is 3.20. The molecular weight excluding hydrogens is 268 g/mol. The molecule has 0 fully saturated rings. The number of aromatic nitrogens is 2. The van der Waals surface area contributed by atoms with Gasteiger partial charge in [-0.15, -0.1) is 0 Å². The first-order valence-electron chi connectivity index (χ1n) is 5.63. The third-order valence-corrected chi connectivity index (χ3v) is 3.37. The van der Waals surface area contributed by atoms with Crippen molar-refractivity contribution in [2.24, 2.45) is 0 Å². The van der Waals surface area contributed by atoms with Crippen LogP contribution in [-0.2, 0) is 0 Å². The second-order valence-corrected chi connectivity index (χ2v) is 5.10. The summed E-state index contributed by atoms with van der Waals surface area (Å²) in [5.74, 6) is -1.39. The molecule has 2 N–H and O–H groups in total. The molecule has 0 atom stereocenters. The number of nitrogens with zero attached hydrogens (tertiary/aromatic N) is 2. The molecule has 0 aliphatic rings. The summed E-state index contributed by atoms with van der Waals surface area (Å²) < 4.78 is 24.5. The summed E-state index contributed by atoms with van der Waals surface area (Å²) in [6.07, 6.45) is 0. The fraction of sp³-hybridized carbons (Fsp3) is 0.231. The number of thioether (sulfide) groups is 1. The maximum absolute atomic E-state index is 12.2. The predicted octanol–water partition coefficient (Wildman–Crippen LogP) is 3.66. The van der Waals surface area contributed by atoms with Crippen LogP contribution in [0.3, 0.4) is 0 Å². The first kappa shape index (κ1) is 13.7. The Morgan fingerprint density at radius 1 is 1.11 bits per heavy atom. The van der Waals surface area contributed by atoms with Crippen LogP contribution in [-0.4, -0.2) is 15.7 Å². The van der Waals surface area contributed by atoms with E-state index in [1.807, 2.05) is 6.92 Å². The number of alkyl halides is 2. The third-order valence-electron chi connectivity index (χ3n) is 2.65. The summed E-state index contributed by atoms with van der Waals surface area (Å²) in [4.78, 5) is 8.95. The van der Waals surface area contributed by atoms with E-state index in [0.717, 1.165) is 16.8 Å². The van der Waals surface area contributed by atoms with Crippen molar-refractivity contribution in [2.75, 3.05) is 5.73 Å². The van der Waals surface area contributed by atoms with Crippen LogP contribution in [0.1, 0.15) is 11.4 Å². The number of benzene rings is 1. The molecule has 19 heavy (non-hydrogen) atoms. The first-order chi connectivity index (χ1) is 8.97. The molecular formula is C13H13F2N3S. The van der Waals surface area contributed by atoms with E-state index in [9.17, 15) is 8.78 Å². The zero-order valence-electron chi connectivity index (χ0n) is 10.5. The van der Waals surface area contributed by atoms with E-state index in [0.29, 0.717) is 28.3 Å². The molecule has 0 saturated heterocycles. The molecule has 0 radical (unpaired) electrons. The van der Waals surface area contributed by atoms with Crippen molar-refractivity contribution in [2.45, 2.75) is 24.5 Å². The van der Waals surface area contributed by atoms with E-state index >= 15 is 0 Å². The average molecular weight is 281 g/mol. The Bertz CT molecular complexity index is 585. The van der Waals surface area contributed by atoms with Crippen molar-refractivity contribution in [3.63, 3.8) is 0 Å². The van der Waals surface area contributed by atoms with E-state index in [4.69, 9.17) is 5.73 Å². The van der Waals surface area contributed by atoms with Gasteiger partial charge in [0.25, 0.3) is 5.76 Å². The molecule has 2 rings (SSSR count). The van der Waals surface area contributed by atoms with Gasteiger partial charge < -0.3 is 5.73 Å². The smallest absolute Gasteiger partial charge is 0.288 e. The fourth-order valence-corrected chi connectivity index (χ4v) is 2.22. The van der Waals surface area contributed by atoms with Gasteiger partial charge in [-0.2, -0.15) is 8.78 Å². The topological polar surface area (TPSA) is 51.8 Å². The van der Waals surface area contributed by atoms with Crippen LogP contribution in [0.15, 0.2) is 29.2 Å². The molecule has 3 nitrogen and oxygen atoms in total. The molecule has 0 unspecified atom stereocenters. The maximum Gasteiger partial charge on any atom is 0.288 e. The summed E-state index contributed by atoms with van der Waals surface area (Å²) in [5, 5.41) is 0. The van der Waals surface area contributed by atoms with E-state index < -0.39 is 5.76 Å². The van der Waals surface area contributed by atoms with Gasteiger partial charge >= 0.3 is 0 Å². The lowest BCUT2D eigenvalue weighted by atomic mass is 10.1. The fourth-order valence-electron chi connectivity index (χ4n) is 1.73. The minimum absolute atomic E-state index is 0.438. The number of hydrogen-bond acceptors (Lipinski definition) is 4. The van der Waals surface area contributed by atoms with E-state index in [1.165, 1.54) is 0 Å². The van der Waals surface area contributed by atoms with Gasteiger partial charge in [0.15, 0.2) is 0 Å². The number of halogens is 2. The maximum atomic E-state index is 12.2. The second kappa shape index (κ2) is 5.52. The van der Waals surface area contributed by atoms with Crippen LogP contribution >= 0.6 is 11.8 Å². The molecule has 0 bridgehead atoms. The molecule has 1 heterocycles. The molecule has 6 heteroatoms. The SMILES string of the molecule is Cc1nc(N)c(C)c(-c2ccc(SC(F)F)cc2)n1. The Hall–Kier alpha value is -1.69. The Balaban J connectivity index is 2.37. The van der Waals surface area contributed by atoms with Crippen molar-refractivity contribution in [1.82, 2.24) is 9.97 Å². The highest BCUT2D eigenvalue weighted by Crippen LogP contribution is 2.29. The number of hydrogen-bond donors (Lipinski definition) is 1. The highest BCUT2D eigenvalue weighted by atomic mass is 32.2. The van der Waals surface area contributed by atoms with Gasteiger partial charge in [-0.3, -0.25) is 0 Å². The largest absolute Gasteiger partial charge is 0.383 e. The first-order valence-corrected chi connectivity index (χ1v) is 6.51. The van der Waals surface area contributed by atoms with Crippen molar-refractivity contribution in [3.05, 3.63) is 35.7 Å². The summed E-state index contributed by atoms with van der Waals surface area (Å²) in [6.45, 7) is 3.60. The van der Waals surface area contributed by atoms with Gasteiger partial charge in [-0.05, 0) is 26.0 Å². The monoisotopic (exact) mass is 281 g/mol. The van der Waals surface area contributed by atoms with Crippen LogP contribution < -0.4 is 5.73 Å². The van der Waals surface area contributed by atoms with E-state index in [2.05, 4.69) is 9.97 Å². The van der Waals surface area contributed by atoms with Gasteiger partial charge in [0.2, 0.25) is 0 Å². The molecule has 0 amide bonds. The van der Waals surface area contributed by atoms with Crippen LogP contribution in [0, 0.1) is 13.8 Å². The molecule has 1 aromatic heterocycles. The molecule has 0 saturated carbocycles. The Labute approximate surface area is 114 Å². The minimum Gasteiger partial charge on any atom is -0.383 e. The van der Waals surface area contributed by atoms with Gasteiger partial charge in [0, 0.05) is 16.0 Å². The van der Waals surface area contributed by atoms with Gasteiger partial charge in [-0.1, -0.05) is 23.9 Å². The highest BCUT2D eigenvalue weighted by Gasteiger charge is 2.10. The van der Waals surface area contributed by atoms with Crippen molar-refractivity contribution < 1.29 is 8.78 Å². The van der Waals surface area contributed by atoms with Gasteiger partial charge in [0.05, 0.1) is 5.69 Å². The van der Waals surface area contributed by atoms with Crippen LogP contribution in [0.2, 0.25) is 0 Å². The molecule has 0 spiro atoms. The predicted molar refractivity (Wildman–Crippen MR) is 73.2 cm³/mol. The molecule has 0 aliphatic carbocycles. The molecule has 1 aromatic carbocycles. The summed E-state index contributed by atoms with van der Waals surface area (Å²) in [7, 11) is 0. The van der Waals surface area contributed by atoms with Gasteiger partial charge in [0.1, 0.15) is 11.6 Å². The summed E-state index contributed by atoms with van der Waals surface area (Å²) >= 11 is 0.522. The molecule has 0 aliphatic heterocycles. The van der Waals surface area contributed by atoms with Gasteiger partial charge in [-0.25, -0.2) is 9.97 Å². The van der Waals surface area contributed by atoms with E-state index in [-0.39, 0.29) is 0 Å². The van der Waals surface area contributed by atoms with Crippen LogP contribution in [0.25, 0.3) is 11.3 Å². The zero-order chi connectivity index (χ0) is 14.0. The number of nitrogens with two attached hydrogens (primary N) is 1. The number of nitrogen functional groups attached to an aromatic ring is 1. The van der Waals surface area contributed by atoms with Crippen molar-refractivity contribution in [3.8, 4) is 11.3 Å². The molecule has 2 aromatic rings. The average Bonchev–Trinajstić information content (AvgIpc) is 2.34. The summed E-state index contributed by atoms with van der Waals surface area (Å²) in [6, 6.07) is 6.83. The second-order valence-electron chi connectivity index (χ2n) is 4.03. The number of anilines is 1. The lowest BCUT2D eigenvalue weighted by molar-refractivity contribution is 0.252. The highest BCUT2D eigenvalue weighted by molar-refractivity contribution is 7.99. The molecule has 100 valence electrons. The Kier molecular flexibility index (Phi) is 3.99. The lowest BCUT2D eigenvalue weighted by Crippen LogP contribution is -2.02. The van der Waals surface area contributed by atoms with E-state index in [1.54, 1.807) is 31.2 Å². The lowest BCUT2D eigenvalue weighted by Gasteiger charge is -2.09. The van der Waals surface area contributed by atoms with Crippen LogP contribution in [0.4, 0.5) is 14.6 Å². The standard InChI is InChI=1S/C13H13F2N3S/c1-7-11(17-8(2)18-12(7)16)9-3-5-10(6-4-9)19-13(14)15/h3-6,13H,1-2H3,(H2,16,17,18). The minimum atomic E-state index is -2.41. The Morgan fingerprint density at radius 2 is 1.74 bits per heavy atom. The summed E-state index contributed by atoms with van der Waals surface area (Å²) in [5.41, 5.74) is 8.17. The normalized spacial score (nSPS) is 11.0. The number of rotatable bonds is 3. The number of aryl methyl sites for hydroxylation is 1. The Morgan fingerprint density at radius 3 is 2.32 bits per heavy atom.